The largest absolute Gasteiger partial charge is 0.342 e. The van der Waals surface area contributed by atoms with Crippen molar-refractivity contribution in [1.82, 2.24) is 19.7 Å². The number of amides is 1. The average Bonchev–Trinajstić information content (AvgIpc) is 3.16. The minimum atomic E-state index is 0.248. The molecule has 112 valence electrons. The Labute approximate surface area is 128 Å². The summed E-state index contributed by atoms with van der Waals surface area (Å²) in [6.45, 7) is 1.70. The molecule has 3 rings (SSSR count). The quantitative estimate of drug-likeness (QED) is 0.870. The molecule has 0 unspecified atom stereocenters. The van der Waals surface area contributed by atoms with Crippen molar-refractivity contribution in [3.8, 4) is 0 Å². The second-order valence-electron chi connectivity index (χ2n) is 5.50. The summed E-state index contributed by atoms with van der Waals surface area (Å²) < 4.78 is 1.84. The molecule has 6 heteroatoms. The first kappa shape index (κ1) is 14.3. The molecule has 1 fully saturated rings. The van der Waals surface area contributed by atoms with Crippen LogP contribution in [0.5, 0.6) is 0 Å². The van der Waals surface area contributed by atoms with Gasteiger partial charge in [0, 0.05) is 55.9 Å². The maximum Gasteiger partial charge on any atom is 0.222 e. The van der Waals surface area contributed by atoms with E-state index in [4.69, 9.17) is 0 Å². The SMILES string of the molecule is Cn1nccc1CCC(=O)N1CCC[C@H](c2nccs2)C1. The Balaban J connectivity index is 1.56. The van der Waals surface area contributed by atoms with E-state index in [0.29, 0.717) is 12.3 Å². The van der Waals surface area contributed by atoms with Gasteiger partial charge in [-0.05, 0) is 25.3 Å². The lowest BCUT2D eigenvalue weighted by atomic mass is 9.98. The highest BCUT2D eigenvalue weighted by atomic mass is 32.1. The Bertz CT molecular complexity index is 593. The summed E-state index contributed by atoms with van der Waals surface area (Å²) in [5.74, 6) is 0.664. The predicted molar refractivity (Wildman–Crippen MR) is 82.2 cm³/mol. The van der Waals surface area contributed by atoms with Crippen molar-refractivity contribution >= 4 is 17.2 Å². The van der Waals surface area contributed by atoms with E-state index >= 15 is 0 Å². The van der Waals surface area contributed by atoms with Gasteiger partial charge in [0.1, 0.15) is 0 Å². The fourth-order valence-electron chi connectivity index (χ4n) is 2.88. The molecule has 1 atom stereocenters. The number of likely N-dealkylation sites (tertiary alicyclic amines) is 1. The highest BCUT2D eigenvalue weighted by Gasteiger charge is 2.25. The Morgan fingerprint density at radius 3 is 3.10 bits per heavy atom. The van der Waals surface area contributed by atoms with Crippen molar-refractivity contribution in [2.45, 2.75) is 31.6 Å². The summed E-state index contributed by atoms with van der Waals surface area (Å²) in [5.41, 5.74) is 1.11. The second kappa shape index (κ2) is 6.39. The lowest BCUT2D eigenvalue weighted by molar-refractivity contribution is -0.132. The Morgan fingerprint density at radius 2 is 2.38 bits per heavy atom. The topological polar surface area (TPSA) is 51.0 Å². The number of piperidine rings is 1. The summed E-state index contributed by atoms with van der Waals surface area (Å²) in [4.78, 5) is 18.8. The molecule has 1 aliphatic rings. The van der Waals surface area contributed by atoms with Gasteiger partial charge in [-0.15, -0.1) is 11.3 Å². The molecular formula is C15H20N4OS. The summed E-state index contributed by atoms with van der Waals surface area (Å²) >= 11 is 1.70. The van der Waals surface area contributed by atoms with Crippen LogP contribution in [0.25, 0.3) is 0 Å². The number of rotatable bonds is 4. The van der Waals surface area contributed by atoms with E-state index in [9.17, 15) is 4.79 Å². The van der Waals surface area contributed by atoms with Crippen molar-refractivity contribution in [2.75, 3.05) is 13.1 Å². The third-order valence-electron chi connectivity index (χ3n) is 4.09. The third kappa shape index (κ3) is 3.32. The van der Waals surface area contributed by atoms with Crippen molar-refractivity contribution in [1.29, 1.82) is 0 Å². The fourth-order valence-corrected chi connectivity index (χ4v) is 3.65. The zero-order chi connectivity index (χ0) is 14.7. The molecule has 2 aromatic rings. The van der Waals surface area contributed by atoms with Gasteiger partial charge in [-0.1, -0.05) is 0 Å². The monoisotopic (exact) mass is 304 g/mol. The number of hydrogen-bond donors (Lipinski definition) is 0. The van der Waals surface area contributed by atoms with Gasteiger partial charge in [0.2, 0.25) is 5.91 Å². The number of aryl methyl sites for hydroxylation is 2. The van der Waals surface area contributed by atoms with Crippen LogP contribution in [0.2, 0.25) is 0 Å². The van der Waals surface area contributed by atoms with Gasteiger partial charge in [0.05, 0.1) is 5.01 Å². The van der Waals surface area contributed by atoms with E-state index < -0.39 is 0 Å². The number of hydrogen-bond acceptors (Lipinski definition) is 4. The van der Waals surface area contributed by atoms with Crippen LogP contribution in [0.15, 0.2) is 23.8 Å². The van der Waals surface area contributed by atoms with E-state index in [2.05, 4.69) is 10.1 Å². The van der Waals surface area contributed by atoms with E-state index in [1.54, 1.807) is 17.5 Å². The number of nitrogens with zero attached hydrogens (tertiary/aromatic N) is 4. The van der Waals surface area contributed by atoms with Gasteiger partial charge in [-0.25, -0.2) is 4.98 Å². The van der Waals surface area contributed by atoms with Crippen LogP contribution in [0.4, 0.5) is 0 Å². The minimum Gasteiger partial charge on any atom is -0.342 e. The van der Waals surface area contributed by atoms with Crippen LogP contribution in [0.3, 0.4) is 0 Å². The average molecular weight is 304 g/mol. The Hall–Kier alpha value is -1.69. The molecule has 0 N–H and O–H groups in total. The van der Waals surface area contributed by atoms with E-state index in [1.165, 1.54) is 5.01 Å². The van der Waals surface area contributed by atoms with E-state index in [1.807, 2.05) is 34.3 Å². The number of carbonyl (C=O) groups excluding carboxylic acids is 1. The first-order valence-corrected chi connectivity index (χ1v) is 8.26. The smallest absolute Gasteiger partial charge is 0.222 e. The highest BCUT2D eigenvalue weighted by molar-refractivity contribution is 7.09. The molecule has 0 aromatic carbocycles. The van der Waals surface area contributed by atoms with Crippen LogP contribution < -0.4 is 0 Å². The van der Waals surface area contributed by atoms with Gasteiger partial charge in [-0.3, -0.25) is 9.48 Å². The van der Waals surface area contributed by atoms with Gasteiger partial charge in [0.15, 0.2) is 0 Å². The molecule has 1 saturated heterocycles. The van der Waals surface area contributed by atoms with Crippen LogP contribution in [-0.4, -0.2) is 38.7 Å². The van der Waals surface area contributed by atoms with Crippen LogP contribution in [-0.2, 0) is 18.3 Å². The zero-order valence-corrected chi connectivity index (χ0v) is 13.1. The Kier molecular flexibility index (Phi) is 4.34. The summed E-state index contributed by atoms with van der Waals surface area (Å²) in [5, 5.41) is 7.32. The minimum absolute atomic E-state index is 0.248. The highest BCUT2D eigenvalue weighted by Crippen LogP contribution is 2.28. The Morgan fingerprint density at radius 1 is 1.48 bits per heavy atom. The lowest BCUT2D eigenvalue weighted by Gasteiger charge is -2.32. The van der Waals surface area contributed by atoms with Crippen molar-refractivity contribution in [3.05, 3.63) is 34.5 Å². The van der Waals surface area contributed by atoms with E-state index in [0.717, 1.165) is 38.0 Å². The van der Waals surface area contributed by atoms with Gasteiger partial charge in [-0.2, -0.15) is 5.10 Å². The summed E-state index contributed by atoms with van der Waals surface area (Å²) in [6.07, 6.45) is 7.15. The number of aromatic nitrogens is 3. The van der Waals surface area contributed by atoms with Gasteiger partial charge < -0.3 is 4.90 Å². The molecule has 0 spiro atoms. The molecule has 0 aliphatic carbocycles. The molecule has 0 bridgehead atoms. The van der Waals surface area contributed by atoms with Crippen LogP contribution in [0, 0.1) is 0 Å². The molecule has 1 aliphatic heterocycles. The zero-order valence-electron chi connectivity index (χ0n) is 12.2. The molecule has 1 amide bonds. The molecule has 2 aromatic heterocycles. The van der Waals surface area contributed by atoms with Gasteiger partial charge >= 0.3 is 0 Å². The van der Waals surface area contributed by atoms with Crippen molar-refractivity contribution in [3.63, 3.8) is 0 Å². The molecule has 5 nitrogen and oxygen atoms in total. The maximum absolute atomic E-state index is 12.4. The molecule has 21 heavy (non-hydrogen) atoms. The van der Waals surface area contributed by atoms with Crippen LogP contribution >= 0.6 is 11.3 Å². The van der Waals surface area contributed by atoms with Crippen LogP contribution in [0.1, 0.15) is 35.9 Å². The molecule has 3 heterocycles. The molecule has 0 radical (unpaired) electrons. The summed E-state index contributed by atoms with van der Waals surface area (Å²) in [7, 11) is 1.92. The number of carbonyl (C=O) groups is 1. The second-order valence-corrected chi connectivity index (χ2v) is 6.42. The first-order chi connectivity index (χ1) is 10.2. The third-order valence-corrected chi connectivity index (χ3v) is 5.03. The predicted octanol–water partition coefficient (Wildman–Crippen LogP) is 2.22. The molecule has 0 saturated carbocycles. The fraction of sp³-hybridized carbons (Fsp3) is 0.533. The lowest BCUT2D eigenvalue weighted by Crippen LogP contribution is -2.39. The number of thiazole rings is 1. The van der Waals surface area contributed by atoms with Crippen molar-refractivity contribution < 1.29 is 4.79 Å². The summed E-state index contributed by atoms with van der Waals surface area (Å²) in [6, 6.07) is 1.97. The first-order valence-electron chi connectivity index (χ1n) is 7.38. The normalized spacial score (nSPS) is 18.9. The maximum atomic E-state index is 12.4. The standard InChI is InChI=1S/C15H20N4OS/c1-18-13(6-7-17-18)4-5-14(20)19-9-2-3-12(11-19)15-16-8-10-21-15/h6-8,10,12H,2-5,9,11H2,1H3/t12-/m0/s1. The molecular weight excluding hydrogens is 284 g/mol. The van der Waals surface area contributed by atoms with Gasteiger partial charge in [0.25, 0.3) is 0 Å². The van der Waals surface area contributed by atoms with E-state index in [-0.39, 0.29) is 5.91 Å². The van der Waals surface area contributed by atoms with Crippen molar-refractivity contribution in [2.24, 2.45) is 7.05 Å².